The number of alkyl halides is 3. The van der Waals surface area contributed by atoms with E-state index in [2.05, 4.69) is 4.74 Å². The van der Waals surface area contributed by atoms with E-state index < -0.39 is 29.6 Å². The molecule has 0 heterocycles. The van der Waals surface area contributed by atoms with Gasteiger partial charge in [0.25, 0.3) is 0 Å². The molecule has 7 heteroatoms. The number of benzene rings is 4. The molecule has 0 spiro atoms. The summed E-state index contributed by atoms with van der Waals surface area (Å²) in [6, 6.07) is 13.4. The zero-order valence-corrected chi connectivity index (χ0v) is 15.6. The van der Waals surface area contributed by atoms with Crippen LogP contribution in [0.3, 0.4) is 0 Å². The van der Waals surface area contributed by atoms with E-state index in [9.17, 15) is 26.3 Å². The molecule has 0 radical (unpaired) electrons. The first kappa shape index (κ1) is 20.1. The lowest BCUT2D eigenvalue weighted by Crippen LogP contribution is -2.19. The molecule has 0 N–H and O–H groups in total. The van der Waals surface area contributed by atoms with Gasteiger partial charge in [0, 0.05) is 5.56 Å². The minimum absolute atomic E-state index is 0.136. The van der Waals surface area contributed by atoms with Crippen molar-refractivity contribution in [2.75, 3.05) is 0 Å². The Morgan fingerprint density at radius 2 is 1.37 bits per heavy atom. The number of hydrogen-bond acceptors (Lipinski definition) is 1. The molecule has 0 amide bonds. The molecule has 0 aliphatic heterocycles. The van der Waals surface area contributed by atoms with Crippen LogP contribution in [-0.2, 0) is 6.42 Å². The second kappa shape index (κ2) is 7.23. The maximum Gasteiger partial charge on any atom is 0.573 e. The van der Waals surface area contributed by atoms with Gasteiger partial charge in [-0.2, -0.15) is 0 Å². The third kappa shape index (κ3) is 3.67. The lowest BCUT2D eigenvalue weighted by atomic mass is 9.95. The molecule has 30 heavy (non-hydrogen) atoms. The zero-order chi connectivity index (χ0) is 21.6. The van der Waals surface area contributed by atoms with Crippen molar-refractivity contribution in [1.82, 2.24) is 0 Å². The molecule has 4 aromatic rings. The summed E-state index contributed by atoms with van der Waals surface area (Å²) < 4.78 is 83.3. The predicted molar refractivity (Wildman–Crippen MR) is 103 cm³/mol. The summed E-state index contributed by atoms with van der Waals surface area (Å²) in [5.41, 5.74) is 0.759. The average molecular weight is 420 g/mol. The minimum Gasteiger partial charge on any atom is -0.399 e. The summed E-state index contributed by atoms with van der Waals surface area (Å²) in [5.74, 6) is -5.48. The Labute approximate surface area is 167 Å². The lowest BCUT2D eigenvalue weighted by Gasteiger charge is -2.13. The first-order valence-corrected chi connectivity index (χ1v) is 9.06. The molecule has 0 aromatic heterocycles. The second-order valence-corrected chi connectivity index (χ2v) is 6.84. The second-order valence-electron chi connectivity index (χ2n) is 6.84. The molecule has 4 aromatic carbocycles. The van der Waals surface area contributed by atoms with Crippen molar-refractivity contribution in [3.8, 4) is 16.9 Å². The zero-order valence-electron chi connectivity index (χ0n) is 15.6. The van der Waals surface area contributed by atoms with Crippen molar-refractivity contribution >= 4 is 21.5 Å². The number of hydrogen-bond donors (Lipinski definition) is 0. The lowest BCUT2D eigenvalue weighted by molar-refractivity contribution is -0.276. The minimum atomic E-state index is -5.25. The number of aryl methyl sites for hydroxylation is 1. The number of rotatable bonds is 3. The Bertz CT molecular complexity index is 1250. The quantitative estimate of drug-likeness (QED) is 0.246. The van der Waals surface area contributed by atoms with Gasteiger partial charge in [-0.1, -0.05) is 37.3 Å². The SMILES string of the molecule is CCc1ccc2c(ccc3cc(-c4cc(F)c(OC(F)(F)F)c(F)c4)c(F)cc32)c1. The number of ether oxygens (including phenoxy) is 1. The van der Waals surface area contributed by atoms with Crippen molar-refractivity contribution < 1.29 is 31.1 Å². The Balaban J connectivity index is 1.85. The van der Waals surface area contributed by atoms with E-state index >= 15 is 0 Å². The molecule has 0 saturated carbocycles. The van der Waals surface area contributed by atoms with Gasteiger partial charge in [-0.15, -0.1) is 13.2 Å². The van der Waals surface area contributed by atoms with Crippen LogP contribution in [0.4, 0.5) is 26.3 Å². The van der Waals surface area contributed by atoms with E-state index in [0.29, 0.717) is 22.9 Å². The largest absolute Gasteiger partial charge is 0.573 e. The van der Waals surface area contributed by atoms with E-state index in [-0.39, 0.29) is 11.1 Å². The van der Waals surface area contributed by atoms with Gasteiger partial charge >= 0.3 is 6.36 Å². The molecule has 0 atom stereocenters. The Kier molecular flexibility index (Phi) is 4.84. The molecule has 0 saturated heterocycles. The monoisotopic (exact) mass is 420 g/mol. The molecule has 1 nitrogen and oxygen atoms in total. The van der Waals surface area contributed by atoms with Crippen molar-refractivity contribution in [2.45, 2.75) is 19.7 Å². The van der Waals surface area contributed by atoms with Gasteiger partial charge in [0.05, 0.1) is 0 Å². The van der Waals surface area contributed by atoms with Crippen LogP contribution in [0.15, 0.2) is 54.6 Å². The van der Waals surface area contributed by atoms with Crippen LogP contribution in [0, 0.1) is 17.5 Å². The molecule has 0 aliphatic carbocycles. The summed E-state index contributed by atoms with van der Waals surface area (Å²) in [6.45, 7) is 2.03. The normalized spacial score (nSPS) is 12.0. The van der Waals surface area contributed by atoms with Gasteiger partial charge in [0.15, 0.2) is 11.6 Å². The Morgan fingerprint density at radius 1 is 0.733 bits per heavy atom. The topological polar surface area (TPSA) is 9.23 Å². The standard InChI is InChI=1S/C23H14F6O/c1-2-12-3-6-16-13(7-12)4-5-14-8-18(19(24)11-17(14)16)15-9-20(25)22(21(26)10-15)30-23(27,28)29/h3-11H,2H2,1H3. The molecule has 0 unspecified atom stereocenters. The van der Waals surface area contributed by atoms with Crippen molar-refractivity contribution in [1.29, 1.82) is 0 Å². The van der Waals surface area contributed by atoms with Gasteiger partial charge < -0.3 is 4.74 Å². The fourth-order valence-corrected chi connectivity index (χ4v) is 3.51. The van der Waals surface area contributed by atoms with E-state index in [1.165, 1.54) is 12.1 Å². The Morgan fingerprint density at radius 3 is 1.97 bits per heavy atom. The maximum absolute atomic E-state index is 14.9. The van der Waals surface area contributed by atoms with Crippen LogP contribution in [0.5, 0.6) is 5.75 Å². The summed E-state index contributed by atoms with van der Waals surface area (Å²) >= 11 is 0. The first-order chi connectivity index (χ1) is 14.2. The molecule has 4 rings (SSSR count). The molecular formula is C23H14F6O. The van der Waals surface area contributed by atoms with E-state index in [1.807, 2.05) is 31.2 Å². The van der Waals surface area contributed by atoms with Crippen molar-refractivity contribution in [2.24, 2.45) is 0 Å². The highest BCUT2D eigenvalue weighted by Gasteiger charge is 2.34. The first-order valence-electron chi connectivity index (χ1n) is 9.06. The van der Waals surface area contributed by atoms with Gasteiger partial charge in [-0.05, 0) is 63.4 Å². The van der Waals surface area contributed by atoms with Crippen molar-refractivity contribution in [3.63, 3.8) is 0 Å². The highest BCUT2D eigenvalue weighted by Crippen LogP contribution is 2.36. The van der Waals surface area contributed by atoms with Crippen LogP contribution < -0.4 is 4.74 Å². The number of fused-ring (bicyclic) bond motifs is 3. The summed E-state index contributed by atoms with van der Waals surface area (Å²) in [5, 5.41) is 3.00. The Hall–Kier alpha value is -3.22. The fraction of sp³-hybridized carbons (Fsp3) is 0.130. The van der Waals surface area contributed by atoms with Crippen molar-refractivity contribution in [3.05, 3.63) is 77.6 Å². The van der Waals surface area contributed by atoms with E-state index in [4.69, 9.17) is 0 Å². The molecule has 0 bridgehead atoms. The molecular weight excluding hydrogens is 406 g/mol. The van der Waals surface area contributed by atoms with Gasteiger partial charge in [0.2, 0.25) is 5.75 Å². The maximum atomic E-state index is 14.9. The van der Waals surface area contributed by atoms with Gasteiger partial charge in [-0.3, -0.25) is 0 Å². The van der Waals surface area contributed by atoms with Crippen LogP contribution in [0.2, 0.25) is 0 Å². The van der Waals surface area contributed by atoms with Crippen LogP contribution >= 0.6 is 0 Å². The van der Waals surface area contributed by atoms with Crippen LogP contribution in [0.25, 0.3) is 32.7 Å². The average Bonchev–Trinajstić information content (AvgIpc) is 2.69. The van der Waals surface area contributed by atoms with E-state index in [1.54, 1.807) is 6.07 Å². The van der Waals surface area contributed by atoms with E-state index in [0.717, 1.165) is 22.8 Å². The van der Waals surface area contributed by atoms with Gasteiger partial charge in [-0.25, -0.2) is 13.2 Å². The third-order valence-electron chi connectivity index (χ3n) is 4.92. The van der Waals surface area contributed by atoms with Crippen LogP contribution in [-0.4, -0.2) is 6.36 Å². The summed E-state index contributed by atoms with van der Waals surface area (Å²) in [7, 11) is 0. The third-order valence-corrected chi connectivity index (χ3v) is 4.92. The summed E-state index contributed by atoms with van der Waals surface area (Å²) in [4.78, 5) is 0. The fourth-order valence-electron chi connectivity index (χ4n) is 3.51. The molecule has 154 valence electrons. The number of halogens is 6. The predicted octanol–water partition coefficient (Wildman–Crippen LogP) is 7.54. The molecule has 0 fully saturated rings. The highest BCUT2D eigenvalue weighted by atomic mass is 19.4. The summed E-state index contributed by atoms with van der Waals surface area (Å²) in [6.07, 6.45) is -4.40. The van der Waals surface area contributed by atoms with Crippen LogP contribution in [0.1, 0.15) is 12.5 Å². The molecule has 0 aliphatic rings. The van der Waals surface area contributed by atoms with Gasteiger partial charge in [0.1, 0.15) is 5.82 Å². The smallest absolute Gasteiger partial charge is 0.399 e. The highest BCUT2D eigenvalue weighted by molar-refractivity contribution is 6.08.